The minimum absolute atomic E-state index is 0.423. The minimum Gasteiger partial charge on any atom is -0.330 e. The number of rotatable bonds is 6. The van der Waals surface area contributed by atoms with Crippen LogP contribution in [-0.2, 0) is 0 Å². The molecule has 0 amide bonds. The summed E-state index contributed by atoms with van der Waals surface area (Å²) in [6.45, 7) is 6.25. The Labute approximate surface area is 92.9 Å². The molecule has 0 aliphatic heterocycles. The normalized spacial score (nSPS) is 14.9. The van der Waals surface area contributed by atoms with Gasteiger partial charge in [0.25, 0.3) is 0 Å². The SMILES string of the molecule is CC(CCN)CNC(C)c1ccccc1. The topological polar surface area (TPSA) is 38.0 Å². The first-order chi connectivity index (χ1) is 7.24. The lowest BCUT2D eigenvalue weighted by Crippen LogP contribution is -2.25. The molecule has 0 saturated heterocycles. The fourth-order valence-corrected chi connectivity index (χ4v) is 1.62. The second kappa shape index (κ2) is 6.59. The maximum atomic E-state index is 5.52. The third-order valence-electron chi connectivity index (χ3n) is 2.73. The summed E-state index contributed by atoms with van der Waals surface area (Å²) in [4.78, 5) is 0. The van der Waals surface area contributed by atoms with Crippen molar-refractivity contribution in [3.05, 3.63) is 35.9 Å². The van der Waals surface area contributed by atoms with Gasteiger partial charge in [-0.1, -0.05) is 37.3 Å². The van der Waals surface area contributed by atoms with E-state index < -0.39 is 0 Å². The molecule has 2 heteroatoms. The van der Waals surface area contributed by atoms with Crippen molar-refractivity contribution in [2.45, 2.75) is 26.3 Å². The van der Waals surface area contributed by atoms with Gasteiger partial charge in [0.2, 0.25) is 0 Å². The maximum absolute atomic E-state index is 5.52. The van der Waals surface area contributed by atoms with Gasteiger partial charge in [0, 0.05) is 6.04 Å². The summed E-state index contributed by atoms with van der Waals surface area (Å²) >= 11 is 0. The largest absolute Gasteiger partial charge is 0.330 e. The van der Waals surface area contributed by atoms with E-state index in [1.54, 1.807) is 0 Å². The van der Waals surface area contributed by atoms with E-state index in [1.165, 1.54) is 5.56 Å². The average molecular weight is 206 g/mol. The van der Waals surface area contributed by atoms with Gasteiger partial charge in [0.15, 0.2) is 0 Å². The Balaban J connectivity index is 2.33. The maximum Gasteiger partial charge on any atom is 0.0291 e. The fraction of sp³-hybridized carbons (Fsp3) is 0.538. The third-order valence-corrected chi connectivity index (χ3v) is 2.73. The Kier molecular flexibility index (Phi) is 5.37. The Morgan fingerprint density at radius 2 is 1.87 bits per heavy atom. The molecule has 1 aromatic carbocycles. The lowest BCUT2D eigenvalue weighted by molar-refractivity contribution is 0.452. The van der Waals surface area contributed by atoms with Crippen LogP contribution in [0.5, 0.6) is 0 Å². The van der Waals surface area contributed by atoms with Crippen LogP contribution in [0.25, 0.3) is 0 Å². The van der Waals surface area contributed by atoms with Crippen molar-refractivity contribution in [1.29, 1.82) is 0 Å². The first kappa shape index (κ1) is 12.2. The monoisotopic (exact) mass is 206 g/mol. The van der Waals surface area contributed by atoms with Crippen LogP contribution in [-0.4, -0.2) is 13.1 Å². The molecule has 15 heavy (non-hydrogen) atoms. The third kappa shape index (κ3) is 4.45. The highest BCUT2D eigenvalue weighted by molar-refractivity contribution is 5.17. The van der Waals surface area contributed by atoms with E-state index >= 15 is 0 Å². The van der Waals surface area contributed by atoms with Crippen LogP contribution in [0.2, 0.25) is 0 Å². The summed E-state index contributed by atoms with van der Waals surface area (Å²) < 4.78 is 0. The summed E-state index contributed by atoms with van der Waals surface area (Å²) in [5.41, 5.74) is 6.86. The summed E-state index contributed by atoms with van der Waals surface area (Å²) in [7, 11) is 0. The number of nitrogens with two attached hydrogens (primary N) is 1. The molecular weight excluding hydrogens is 184 g/mol. The van der Waals surface area contributed by atoms with E-state index in [9.17, 15) is 0 Å². The molecule has 0 saturated carbocycles. The predicted octanol–water partition coefficient (Wildman–Crippen LogP) is 2.32. The number of nitrogens with one attached hydrogen (secondary N) is 1. The van der Waals surface area contributed by atoms with Crippen LogP contribution < -0.4 is 11.1 Å². The zero-order valence-corrected chi connectivity index (χ0v) is 9.74. The van der Waals surface area contributed by atoms with E-state index in [0.29, 0.717) is 12.0 Å². The van der Waals surface area contributed by atoms with Crippen molar-refractivity contribution in [2.75, 3.05) is 13.1 Å². The van der Waals surface area contributed by atoms with Gasteiger partial charge in [-0.25, -0.2) is 0 Å². The molecule has 1 rings (SSSR count). The molecule has 2 nitrogen and oxygen atoms in total. The fourth-order valence-electron chi connectivity index (χ4n) is 1.62. The smallest absolute Gasteiger partial charge is 0.0291 e. The summed E-state index contributed by atoms with van der Waals surface area (Å²) in [6, 6.07) is 10.9. The van der Waals surface area contributed by atoms with E-state index in [4.69, 9.17) is 5.73 Å². The van der Waals surface area contributed by atoms with Crippen LogP contribution >= 0.6 is 0 Å². The molecule has 2 unspecified atom stereocenters. The highest BCUT2D eigenvalue weighted by Gasteiger charge is 2.06. The van der Waals surface area contributed by atoms with Gasteiger partial charge in [-0.05, 0) is 37.9 Å². The number of hydrogen-bond acceptors (Lipinski definition) is 2. The summed E-state index contributed by atoms with van der Waals surface area (Å²) in [5, 5.41) is 3.53. The average Bonchev–Trinajstić information content (AvgIpc) is 2.27. The minimum atomic E-state index is 0.423. The molecular formula is C13H22N2. The summed E-state index contributed by atoms with van der Waals surface area (Å²) in [6.07, 6.45) is 1.09. The van der Waals surface area contributed by atoms with Crippen molar-refractivity contribution in [1.82, 2.24) is 5.32 Å². The Hall–Kier alpha value is -0.860. The second-order valence-corrected chi connectivity index (χ2v) is 4.22. The molecule has 0 aliphatic carbocycles. The molecule has 3 N–H and O–H groups in total. The van der Waals surface area contributed by atoms with Crippen molar-refractivity contribution >= 4 is 0 Å². The van der Waals surface area contributed by atoms with Gasteiger partial charge in [0.1, 0.15) is 0 Å². The number of hydrogen-bond donors (Lipinski definition) is 2. The van der Waals surface area contributed by atoms with E-state index in [-0.39, 0.29) is 0 Å². The van der Waals surface area contributed by atoms with Crippen molar-refractivity contribution in [3.8, 4) is 0 Å². The zero-order chi connectivity index (χ0) is 11.1. The van der Waals surface area contributed by atoms with Crippen LogP contribution in [0, 0.1) is 5.92 Å². The van der Waals surface area contributed by atoms with Gasteiger partial charge >= 0.3 is 0 Å². The predicted molar refractivity (Wildman–Crippen MR) is 65.7 cm³/mol. The molecule has 2 atom stereocenters. The molecule has 0 heterocycles. The molecule has 0 radical (unpaired) electrons. The van der Waals surface area contributed by atoms with Crippen molar-refractivity contribution < 1.29 is 0 Å². The quantitative estimate of drug-likeness (QED) is 0.749. The van der Waals surface area contributed by atoms with E-state index in [2.05, 4.69) is 43.4 Å². The molecule has 0 aromatic heterocycles. The standard InChI is InChI=1S/C13H22N2/c1-11(8-9-14)10-15-12(2)13-6-4-3-5-7-13/h3-7,11-12,15H,8-10,14H2,1-2H3. The van der Waals surface area contributed by atoms with E-state index in [0.717, 1.165) is 19.5 Å². The molecule has 84 valence electrons. The lowest BCUT2D eigenvalue weighted by Gasteiger charge is -2.17. The first-order valence-corrected chi connectivity index (χ1v) is 5.72. The van der Waals surface area contributed by atoms with Crippen LogP contribution in [0.15, 0.2) is 30.3 Å². The second-order valence-electron chi connectivity index (χ2n) is 4.22. The van der Waals surface area contributed by atoms with Crippen molar-refractivity contribution in [3.63, 3.8) is 0 Å². The van der Waals surface area contributed by atoms with Gasteiger partial charge in [-0.3, -0.25) is 0 Å². The van der Waals surface area contributed by atoms with Crippen LogP contribution in [0.3, 0.4) is 0 Å². The van der Waals surface area contributed by atoms with Gasteiger partial charge < -0.3 is 11.1 Å². The highest BCUT2D eigenvalue weighted by atomic mass is 14.9. The molecule has 0 spiro atoms. The molecule has 0 fully saturated rings. The first-order valence-electron chi connectivity index (χ1n) is 5.72. The van der Waals surface area contributed by atoms with Crippen LogP contribution in [0.1, 0.15) is 31.9 Å². The summed E-state index contributed by atoms with van der Waals surface area (Å²) in [5.74, 6) is 0.654. The lowest BCUT2D eigenvalue weighted by atomic mass is 10.1. The molecule has 0 bridgehead atoms. The Morgan fingerprint density at radius 3 is 2.47 bits per heavy atom. The van der Waals surface area contributed by atoms with Gasteiger partial charge in [-0.15, -0.1) is 0 Å². The van der Waals surface area contributed by atoms with Crippen molar-refractivity contribution in [2.24, 2.45) is 11.7 Å². The number of benzene rings is 1. The Bertz CT molecular complexity index is 258. The van der Waals surface area contributed by atoms with Gasteiger partial charge in [0.05, 0.1) is 0 Å². The van der Waals surface area contributed by atoms with Gasteiger partial charge in [-0.2, -0.15) is 0 Å². The Morgan fingerprint density at radius 1 is 1.20 bits per heavy atom. The van der Waals surface area contributed by atoms with E-state index in [1.807, 2.05) is 6.07 Å². The van der Waals surface area contributed by atoms with Crippen LogP contribution in [0.4, 0.5) is 0 Å². The molecule has 1 aromatic rings. The zero-order valence-electron chi connectivity index (χ0n) is 9.74. The highest BCUT2D eigenvalue weighted by Crippen LogP contribution is 2.11. The molecule has 0 aliphatic rings.